The van der Waals surface area contributed by atoms with Gasteiger partial charge in [-0.1, -0.05) is 15.9 Å². The fourth-order valence-corrected chi connectivity index (χ4v) is 2.77. The Labute approximate surface area is 110 Å². The van der Waals surface area contributed by atoms with Crippen LogP contribution in [0.3, 0.4) is 0 Å². The average molecular weight is 300 g/mol. The van der Waals surface area contributed by atoms with Crippen LogP contribution >= 0.6 is 15.9 Å². The van der Waals surface area contributed by atoms with Crippen LogP contribution < -0.4 is 0 Å². The van der Waals surface area contributed by atoms with Crippen LogP contribution in [0, 0.1) is 5.92 Å². The fraction of sp³-hybridized carbons (Fsp3) is 0.538. The van der Waals surface area contributed by atoms with Gasteiger partial charge in [0.25, 0.3) is 0 Å². The molecule has 1 saturated heterocycles. The lowest BCUT2D eigenvalue weighted by Gasteiger charge is -2.31. The molecule has 1 heterocycles. The largest absolute Gasteiger partial charge is 0.508 e. The van der Waals surface area contributed by atoms with Crippen molar-refractivity contribution in [1.82, 2.24) is 4.90 Å². The number of hydrogen-bond acceptors (Lipinski definition) is 3. The van der Waals surface area contributed by atoms with Gasteiger partial charge in [-0.05, 0) is 43.5 Å². The predicted octanol–water partition coefficient (Wildman–Crippen LogP) is 2.36. The van der Waals surface area contributed by atoms with E-state index >= 15 is 0 Å². The van der Waals surface area contributed by atoms with Crippen molar-refractivity contribution in [1.29, 1.82) is 0 Å². The van der Waals surface area contributed by atoms with E-state index in [4.69, 9.17) is 0 Å². The lowest BCUT2D eigenvalue weighted by atomic mass is 9.98. The Morgan fingerprint density at radius 2 is 2.24 bits per heavy atom. The molecule has 4 heteroatoms. The summed E-state index contributed by atoms with van der Waals surface area (Å²) in [6, 6.07) is 5.51. The van der Waals surface area contributed by atoms with E-state index in [1.165, 1.54) is 0 Å². The van der Waals surface area contributed by atoms with Crippen LogP contribution in [0.4, 0.5) is 0 Å². The van der Waals surface area contributed by atoms with E-state index in [2.05, 4.69) is 20.8 Å². The predicted molar refractivity (Wildman–Crippen MR) is 70.9 cm³/mol. The van der Waals surface area contributed by atoms with E-state index in [1.807, 2.05) is 12.1 Å². The zero-order chi connectivity index (χ0) is 12.3. The number of phenolic OH excluding ortho intramolecular Hbond substituents is 1. The van der Waals surface area contributed by atoms with Gasteiger partial charge in [-0.25, -0.2) is 0 Å². The highest BCUT2D eigenvalue weighted by Gasteiger charge is 2.19. The monoisotopic (exact) mass is 299 g/mol. The molecule has 1 atom stereocenters. The van der Waals surface area contributed by atoms with Gasteiger partial charge in [0.1, 0.15) is 5.75 Å². The number of aliphatic hydroxyl groups excluding tert-OH is 1. The summed E-state index contributed by atoms with van der Waals surface area (Å²) in [7, 11) is 0. The van der Waals surface area contributed by atoms with Crippen molar-refractivity contribution in [3.8, 4) is 5.75 Å². The molecule has 1 aliphatic heterocycles. The minimum atomic E-state index is 0.265. The second kappa shape index (κ2) is 5.85. The summed E-state index contributed by atoms with van der Waals surface area (Å²) in [4.78, 5) is 2.30. The van der Waals surface area contributed by atoms with Crippen LogP contribution in [0.25, 0.3) is 0 Å². The van der Waals surface area contributed by atoms with Crippen LogP contribution in [-0.4, -0.2) is 34.8 Å². The standard InChI is InChI=1S/C13H18BrNO2/c14-12-3-4-13(17)11(6-12)8-15-5-1-2-10(7-15)9-16/h3-4,6,10,16-17H,1-2,5,7-9H2/t10-/m1/s1. The van der Waals surface area contributed by atoms with Gasteiger partial charge in [0.05, 0.1) is 0 Å². The molecule has 17 heavy (non-hydrogen) atoms. The molecule has 1 fully saturated rings. The Balaban J connectivity index is 2.02. The number of likely N-dealkylation sites (tertiary alicyclic amines) is 1. The van der Waals surface area contributed by atoms with Gasteiger partial charge in [0.2, 0.25) is 0 Å². The van der Waals surface area contributed by atoms with E-state index < -0.39 is 0 Å². The first-order valence-corrected chi connectivity index (χ1v) is 6.79. The molecule has 0 bridgehead atoms. The van der Waals surface area contributed by atoms with Gasteiger partial charge in [0.15, 0.2) is 0 Å². The van der Waals surface area contributed by atoms with E-state index in [-0.39, 0.29) is 6.61 Å². The van der Waals surface area contributed by atoms with Gasteiger partial charge >= 0.3 is 0 Å². The van der Waals surface area contributed by atoms with Crippen molar-refractivity contribution < 1.29 is 10.2 Å². The summed E-state index contributed by atoms with van der Waals surface area (Å²) in [5.74, 6) is 0.734. The highest BCUT2D eigenvalue weighted by atomic mass is 79.9. The van der Waals surface area contributed by atoms with Gasteiger partial charge < -0.3 is 10.2 Å². The van der Waals surface area contributed by atoms with Crippen molar-refractivity contribution >= 4 is 15.9 Å². The summed E-state index contributed by atoms with van der Waals surface area (Å²) in [6.07, 6.45) is 2.23. The zero-order valence-corrected chi connectivity index (χ0v) is 11.4. The van der Waals surface area contributed by atoms with E-state index in [0.717, 1.165) is 42.5 Å². The van der Waals surface area contributed by atoms with E-state index in [0.29, 0.717) is 11.7 Å². The molecule has 2 rings (SSSR count). The Morgan fingerprint density at radius 1 is 1.41 bits per heavy atom. The van der Waals surface area contributed by atoms with Gasteiger partial charge in [-0.2, -0.15) is 0 Å². The highest BCUT2D eigenvalue weighted by Crippen LogP contribution is 2.25. The first-order valence-electron chi connectivity index (χ1n) is 5.99. The molecule has 94 valence electrons. The number of benzene rings is 1. The second-order valence-electron chi connectivity index (χ2n) is 4.70. The second-order valence-corrected chi connectivity index (χ2v) is 5.61. The third kappa shape index (κ3) is 3.44. The Morgan fingerprint density at radius 3 is 3.00 bits per heavy atom. The van der Waals surface area contributed by atoms with E-state index in [9.17, 15) is 10.2 Å². The number of halogens is 1. The van der Waals surface area contributed by atoms with Crippen molar-refractivity contribution in [2.75, 3.05) is 19.7 Å². The molecule has 2 N–H and O–H groups in total. The molecular weight excluding hydrogens is 282 g/mol. The first kappa shape index (κ1) is 12.9. The molecule has 0 saturated carbocycles. The first-order chi connectivity index (χ1) is 8.19. The van der Waals surface area contributed by atoms with Crippen LogP contribution in [0.2, 0.25) is 0 Å². The molecule has 1 aromatic rings. The molecule has 0 spiro atoms. The lowest BCUT2D eigenvalue weighted by molar-refractivity contribution is 0.115. The van der Waals surface area contributed by atoms with Crippen molar-refractivity contribution in [3.05, 3.63) is 28.2 Å². The fourth-order valence-electron chi connectivity index (χ4n) is 2.37. The van der Waals surface area contributed by atoms with Crippen LogP contribution in [-0.2, 0) is 6.54 Å². The lowest BCUT2D eigenvalue weighted by Crippen LogP contribution is -2.36. The number of phenols is 1. The van der Waals surface area contributed by atoms with Gasteiger partial charge in [-0.15, -0.1) is 0 Å². The molecule has 1 aromatic carbocycles. The number of rotatable bonds is 3. The molecule has 0 unspecified atom stereocenters. The number of nitrogens with zero attached hydrogens (tertiary/aromatic N) is 1. The third-order valence-electron chi connectivity index (χ3n) is 3.30. The van der Waals surface area contributed by atoms with Crippen LogP contribution in [0.15, 0.2) is 22.7 Å². The number of piperidine rings is 1. The van der Waals surface area contributed by atoms with Crippen molar-refractivity contribution in [2.24, 2.45) is 5.92 Å². The molecule has 1 aliphatic rings. The minimum absolute atomic E-state index is 0.265. The van der Waals surface area contributed by atoms with Gasteiger partial charge in [0, 0.05) is 29.7 Å². The molecule has 0 aliphatic carbocycles. The highest BCUT2D eigenvalue weighted by molar-refractivity contribution is 9.10. The summed E-state index contributed by atoms with van der Waals surface area (Å²) in [6.45, 7) is 2.98. The minimum Gasteiger partial charge on any atom is -0.508 e. The maximum Gasteiger partial charge on any atom is 0.120 e. The Hall–Kier alpha value is -0.580. The summed E-state index contributed by atoms with van der Waals surface area (Å²) < 4.78 is 0.987. The van der Waals surface area contributed by atoms with Crippen molar-refractivity contribution in [3.63, 3.8) is 0 Å². The summed E-state index contributed by atoms with van der Waals surface area (Å²) >= 11 is 3.42. The third-order valence-corrected chi connectivity index (χ3v) is 3.79. The average Bonchev–Trinajstić information content (AvgIpc) is 2.34. The number of aliphatic hydroxyl groups is 1. The Kier molecular flexibility index (Phi) is 4.42. The summed E-state index contributed by atoms with van der Waals surface area (Å²) in [5, 5.41) is 19.0. The Bertz CT molecular complexity index is 384. The number of hydrogen-bond donors (Lipinski definition) is 2. The normalized spacial score (nSPS) is 21.6. The number of aromatic hydroxyl groups is 1. The quantitative estimate of drug-likeness (QED) is 0.900. The van der Waals surface area contributed by atoms with E-state index in [1.54, 1.807) is 6.07 Å². The molecular formula is C13H18BrNO2. The van der Waals surface area contributed by atoms with Gasteiger partial charge in [-0.3, -0.25) is 4.90 Å². The molecule has 0 amide bonds. The maximum atomic E-state index is 9.79. The zero-order valence-electron chi connectivity index (χ0n) is 9.77. The molecule has 0 radical (unpaired) electrons. The van der Waals surface area contributed by atoms with Crippen LogP contribution in [0.5, 0.6) is 5.75 Å². The maximum absolute atomic E-state index is 9.79. The molecule has 0 aromatic heterocycles. The summed E-state index contributed by atoms with van der Waals surface area (Å²) in [5.41, 5.74) is 0.943. The van der Waals surface area contributed by atoms with Crippen LogP contribution in [0.1, 0.15) is 18.4 Å². The van der Waals surface area contributed by atoms with Crippen molar-refractivity contribution in [2.45, 2.75) is 19.4 Å². The topological polar surface area (TPSA) is 43.7 Å². The smallest absolute Gasteiger partial charge is 0.120 e. The molecule has 3 nitrogen and oxygen atoms in total. The SMILES string of the molecule is OC[C@@H]1CCCN(Cc2cc(Br)ccc2O)C1.